The Morgan fingerprint density at radius 2 is 1.90 bits per heavy atom. The first-order valence-electron chi connectivity index (χ1n) is 7.03. The lowest BCUT2D eigenvalue weighted by molar-refractivity contribution is 0.0103. The third-order valence-electron chi connectivity index (χ3n) is 3.57. The van der Waals surface area contributed by atoms with Gasteiger partial charge in [-0.1, -0.05) is 30.3 Å². The standard InChI is InChI=1S/C15H22N2O3/c1-19-15(18)17-16-13-7-9-14(10-8-13)20-11-12-5-3-2-4-6-12/h2-6,13-14,16H,7-11H2,1H3,(H,17,18). The van der Waals surface area contributed by atoms with Gasteiger partial charge < -0.3 is 9.47 Å². The van der Waals surface area contributed by atoms with Gasteiger partial charge in [-0.3, -0.25) is 5.43 Å². The van der Waals surface area contributed by atoms with Gasteiger partial charge in [-0.25, -0.2) is 10.2 Å². The second-order valence-electron chi connectivity index (χ2n) is 5.03. The van der Waals surface area contributed by atoms with Crippen LogP contribution in [0.3, 0.4) is 0 Å². The maximum Gasteiger partial charge on any atom is 0.421 e. The molecule has 1 amide bonds. The minimum atomic E-state index is -0.451. The SMILES string of the molecule is COC(=O)NNC1CCC(OCc2ccccc2)CC1. The lowest BCUT2D eigenvalue weighted by Gasteiger charge is -2.29. The Balaban J connectivity index is 1.63. The van der Waals surface area contributed by atoms with Gasteiger partial charge >= 0.3 is 6.09 Å². The van der Waals surface area contributed by atoms with Gasteiger partial charge in [0, 0.05) is 6.04 Å². The smallest absolute Gasteiger partial charge is 0.421 e. The molecular weight excluding hydrogens is 256 g/mol. The van der Waals surface area contributed by atoms with E-state index in [9.17, 15) is 4.79 Å². The van der Waals surface area contributed by atoms with Crippen LogP contribution in [0.1, 0.15) is 31.2 Å². The Labute approximate surface area is 119 Å². The number of hydrazine groups is 1. The third kappa shape index (κ3) is 4.83. The Hall–Kier alpha value is -1.59. The summed E-state index contributed by atoms with van der Waals surface area (Å²) in [5, 5.41) is 0. The Morgan fingerprint density at radius 1 is 1.20 bits per heavy atom. The molecule has 0 heterocycles. The normalized spacial score (nSPS) is 22.2. The van der Waals surface area contributed by atoms with Crippen molar-refractivity contribution in [1.82, 2.24) is 10.9 Å². The summed E-state index contributed by atoms with van der Waals surface area (Å²) in [5.74, 6) is 0. The van der Waals surface area contributed by atoms with Gasteiger partial charge in [0.05, 0.1) is 19.8 Å². The number of nitrogens with one attached hydrogen (secondary N) is 2. The van der Waals surface area contributed by atoms with E-state index in [0.29, 0.717) is 18.8 Å². The van der Waals surface area contributed by atoms with Crippen molar-refractivity contribution >= 4 is 6.09 Å². The van der Waals surface area contributed by atoms with Crippen LogP contribution in [0.25, 0.3) is 0 Å². The largest absolute Gasteiger partial charge is 0.452 e. The molecule has 1 aliphatic rings. The molecule has 2 N–H and O–H groups in total. The van der Waals surface area contributed by atoms with Gasteiger partial charge in [0.2, 0.25) is 0 Å². The van der Waals surface area contributed by atoms with Crippen molar-refractivity contribution in [2.24, 2.45) is 0 Å². The fourth-order valence-corrected chi connectivity index (χ4v) is 2.37. The average Bonchev–Trinajstić information content (AvgIpc) is 2.52. The number of carbonyl (C=O) groups is 1. The van der Waals surface area contributed by atoms with E-state index < -0.39 is 6.09 Å². The molecule has 1 saturated carbocycles. The first-order valence-corrected chi connectivity index (χ1v) is 7.03. The number of methoxy groups -OCH3 is 1. The molecule has 20 heavy (non-hydrogen) atoms. The molecule has 110 valence electrons. The van der Waals surface area contributed by atoms with Crippen molar-refractivity contribution in [3.63, 3.8) is 0 Å². The zero-order valence-electron chi connectivity index (χ0n) is 11.8. The van der Waals surface area contributed by atoms with Crippen molar-refractivity contribution in [3.05, 3.63) is 35.9 Å². The van der Waals surface area contributed by atoms with E-state index in [1.807, 2.05) is 18.2 Å². The lowest BCUT2D eigenvalue weighted by Crippen LogP contribution is -2.46. The van der Waals surface area contributed by atoms with Crippen LogP contribution in [0.5, 0.6) is 0 Å². The number of benzene rings is 1. The van der Waals surface area contributed by atoms with Gasteiger partial charge in [-0.2, -0.15) is 0 Å². The molecule has 0 bridgehead atoms. The van der Waals surface area contributed by atoms with Crippen molar-refractivity contribution in [2.45, 2.75) is 44.4 Å². The fourth-order valence-electron chi connectivity index (χ4n) is 2.37. The van der Waals surface area contributed by atoms with Crippen molar-refractivity contribution in [2.75, 3.05) is 7.11 Å². The highest BCUT2D eigenvalue weighted by Crippen LogP contribution is 2.21. The van der Waals surface area contributed by atoms with E-state index in [1.165, 1.54) is 12.7 Å². The summed E-state index contributed by atoms with van der Waals surface area (Å²) in [7, 11) is 1.35. The minimum absolute atomic E-state index is 0.297. The summed E-state index contributed by atoms with van der Waals surface area (Å²) in [5.41, 5.74) is 6.72. The number of rotatable bonds is 5. The van der Waals surface area contributed by atoms with Gasteiger partial charge in [0.15, 0.2) is 0 Å². The van der Waals surface area contributed by atoms with Gasteiger partial charge in [-0.15, -0.1) is 0 Å². The van der Waals surface area contributed by atoms with E-state index in [2.05, 4.69) is 27.7 Å². The first kappa shape index (κ1) is 14.8. The van der Waals surface area contributed by atoms with Crippen LogP contribution in [-0.2, 0) is 16.1 Å². The number of hydrogen-bond donors (Lipinski definition) is 2. The maximum atomic E-state index is 11.0. The van der Waals surface area contributed by atoms with Crippen molar-refractivity contribution < 1.29 is 14.3 Å². The van der Waals surface area contributed by atoms with Crippen LogP contribution in [0.4, 0.5) is 4.79 Å². The highest BCUT2D eigenvalue weighted by Gasteiger charge is 2.21. The van der Waals surface area contributed by atoms with Crippen LogP contribution in [0.15, 0.2) is 30.3 Å². The minimum Gasteiger partial charge on any atom is -0.452 e. The molecule has 0 atom stereocenters. The predicted molar refractivity (Wildman–Crippen MR) is 76.0 cm³/mol. The molecule has 0 saturated heterocycles. The zero-order chi connectivity index (χ0) is 14.2. The number of amides is 1. The number of carbonyl (C=O) groups excluding carboxylic acids is 1. The maximum absolute atomic E-state index is 11.0. The van der Waals surface area contributed by atoms with E-state index in [0.717, 1.165) is 25.7 Å². The van der Waals surface area contributed by atoms with Gasteiger partial charge in [0.1, 0.15) is 0 Å². The molecule has 1 fully saturated rings. The summed E-state index contributed by atoms with van der Waals surface area (Å²) >= 11 is 0. The Morgan fingerprint density at radius 3 is 2.55 bits per heavy atom. The van der Waals surface area contributed by atoms with E-state index in [4.69, 9.17) is 4.74 Å². The summed E-state index contributed by atoms with van der Waals surface area (Å²) in [6.07, 6.45) is 3.85. The average molecular weight is 278 g/mol. The van der Waals surface area contributed by atoms with E-state index in [-0.39, 0.29) is 0 Å². The highest BCUT2D eigenvalue weighted by molar-refractivity contribution is 5.66. The summed E-state index contributed by atoms with van der Waals surface area (Å²) < 4.78 is 10.4. The molecule has 0 spiro atoms. The molecule has 0 unspecified atom stereocenters. The number of hydrogen-bond acceptors (Lipinski definition) is 4. The number of ether oxygens (including phenoxy) is 2. The molecule has 0 aromatic heterocycles. The van der Waals surface area contributed by atoms with Crippen LogP contribution < -0.4 is 10.9 Å². The summed E-state index contributed by atoms with van der Waals surface area (Å²) in [6, 6.07) is 10.5. The Bertz CT molecular complexity index is 403. The molecule has 1 aromatic carbocycles. The summed E-state index contributed by atoms with van der Waals surface area (Å²) in [4.78, 5) is 11.0. The van der Waals surface area contributed by atoms with Crippen molar-refractivity contribution in [1.29, 1.82) is 0 Å². The topological polar surface area (TPSA) is 59.6 Å². The first-order chi connectivity index (χ1) is 9.78. The van der Waals surface area contributed by atoms with Gasteiger partial charge in [0.25, 0.3) is 0 Å². The molecule has 5 nitrogen and oxygen atoms in total. The van der Waals surface area contributed by atoms with Crippen LogP contribution >= 0.6 is 0 Å². The molecule has 0 aliphatic heterocycles. The Kier molecular flexibility index (Phi) is 5.83. The molecule has 5 heteroatoms. The lowest BCUT2D eigenvalue weighted by atomic mass is 9.93. The zero-order valence-corrected chi connectivity index (χ0v) is 11.8. The molecular formula is C15H22N2O3. The fraction of sp³-hybridized carbons (Fsp3) is 0.533. The van der Waals surface area contributed by atoms with E-state index >= 15 is 0 Å². The van der Waals surface area contributed by atoms with E-state index in [1.54, 1.807) is 0 Å². The van der Waals surface area contributed by atoms with Crippen LogP contribution in [0.2, 0.25) is 0 Å². The second kappa shape index (κ2) is 7.87. The summed E-state index contributed by atoms with van der Waals surface area (Å²) in [6.45, 7) is 0.671. The predicted octanol–water partition coefficient (Wildman–Crippen LogP) is 2.38. The van der Waals surface area contributed by atoms with Crippen LogP contribution in [-0.4, -0.2) is 25.3 Å². The molecule has 0 radical (unpaired) electrons. The van der Waals surface area contributed by atoms with Crippen molar-refractivity contribution in [3.8, 4) is 0 Å². The van der Waals surface area contributed by atoms with Gasteiger partial charge in [-0.05, 0) is 31.2 Å². The monoisotopic (exact) mass is 278 g/mol. The second-order valence-corrected chi connectivity index (χ2v) is 5.03. The molecule has 2 rings (SSSR count). The third-order valence-corrected chi connectivity index (χ3v) is 3.57. The molecule has 1 aliphatic carbocycles. The quantitative estimate of drug-likeness (QED) is 0.812. The highest BCUT2D eigenvalue weighted by atomic mass is 16.5. The van der Waals surface area contributed by atoms with Crippen LogP contribution in [0, 0.1) is 0 Å². The molecule has 1 aromatic rings.